The van der Waals surface area contributed by atoms with E-state index in [0.29, 0.717) is 17.3 Å². The van der Waals surface area contributed by atoms with Gasteiger partial charge >= 0.3 is 0 Å². The Labute approximate surface area is 159 Å². The number of nitrogens with zero attached hydrogens (tertiary/aromatic N) is 5. The van der Waals surface area contributed by atoms with Gasteiger partial charge in [-0.05, 0) is 36.1 Å². The van der Waals surface area contributed by atoms with E-state index >= 15 is 0 Å². The Morgan fingerprint density at radius 3 is 2.86 bits per heavy atom. The Bertz CT molecular complexity index is 1140. The van der Waals surface area contributed by atoms with E-state index in [1.165, 1.54) is 17.1 Å². The van der Waals surface area contributed by atoms with Gasteiger partial charge < -0.3 is 11.1 Å². The number of aromatic nitrogens is 5. The van der Waals surface area contributed by atoms with Crippen molar-refractivity contribution in [2.75, 3.05) is 11.1 Å². The maximum atomic E-state index is 12.5. The zero-order chi connectivity index (χ0) is 19.7. The number of nitrogens with one attached hydrogen (secondary N) is 1. The van der Waals surface area contributed by atoms with Crippen molar-refractivity contribution < 1.29 is 8.78 Å². The second-order valence-electron chi connectivity index (χ2n) is 6.34. The molecular formula is C19H17F2N7. The zero-order valence-electron chi connectivity index (χ0n) is 15.0. The maximum Gasteiger partial charge on any atom is 0.257 e. The van der Waals surface area contributed by atoms with Gasteiger partial charge in [0.05, 0.1) is 17.6 Å². The minimum absolute atomic E-state index is 0.375. The first kappa shape index (κ1) is 17.8. The monoisotopic (exact) mass is 381 g/mol. The molecule has 0 saturated carbocycles. The molecule has 0 fully saturated rings. The molecule has 142 valence electrons. The van der Waals surface area contributed by atoms with Crippen molar-refractivity contribution in [1.82, 2.24) is 24.7 Å². The van der Waals surface area contributed by atoms with Crippen LogP contribution in [0.5, 0.6) is 0 Å². The van der Waals surface area contributed by atoms with E-state index in [0.717, 1.165) is 27.6 Å². The lowest BCUT2D eigenvalue weighted by Crippen LogP contribution is -2.06. The van der Waals surface area contributed by atoms with Crippen molar-refractivity contribution in [3.8, 4) is 11.3 Å². The summed E-state index contributed by atoms with van der Waals surface area (Å²) in [5.74, 6) is 0.920. The van der Waals surface area contributed by atoms with Gasteiger partial charge in [-0.3, -0.25) is 9.67 Å². The van der Waals surface area contributed by atoms with Gasteiger partial charge in [0, 0.05) is 35.7 Å². The highest BCUT2D eigenvalue weighted by Crippen LogP contribution is 2.29. The molecule has 4 aromatic heterocycles. The highest BCUT2D eigenvalue weighted by atomic mass is 19.3. The van der Waals surface area contributed by atoms with E-state index < -0.39 is 13.0 Å². The SMILES string of the molecule is Cc1ccncc1-c1cc2cc(Nc3cnn(CC(F)F)c3)ncc2c(N)n1. The van der Waals surface area contributed by atoms with E-state index in [9.17, 15) is 8.78 Å². The van der Waals surface area contributed by atoms with E-state index in [1.807, 2.05) is 25.1 Å². The van der Waals surface area contributed by atoms with Gasteiger partial charge in [-0.25, -0.2) is 18.7 Å². The number of nitrogen functional groups attached to an aromatic ring is 1. The number of aryl methyl sites for hydroxylation is 1. The van der Waals surface area contributed by atoms with Crippen molar-refractivity contribution in [2.45, 2.75) is 19.9 Å². The molecule has 0 spiro atoms. The third-order valence-electron chi connectivity index (χ3n) is 4.29. The van der Waals surface area contributed by atoms with Crippen molar-refractivity contribution in [3.05, 3.63) is 54.7 Å². The Balaban J connectivity index is 1.68. The number of hydrogen-bond donors (Lipinski definition) is 2. The summed E-state index contributed by atoms with van der Waals surface area (Å²) < 4.78 is 26.1. The van der Waals surface area contributed by atoms with Crippen molar-refractivity contribution >= 4 is 28.1 Å². The van der Waals surface area contributed by atoms with E-state index in [2.05, 4.69) is 25.4 Å². The summed E-state index contributed by atoms with van der Waals surface area (Å²) in [5.41, 5.74) is 9.35. The van der Waals surface area contributed by atoms with Gasteiger partial charge in [-0.2, -0.15) is 5.10 Å². The Kier molecular flexibility index (Phi) is 4.56. The first-order chi connectivity index (χ1) is 13.5. The van der Waals surface area contributed by atoms with Crippen LogP contribution in [0.15, 0.2) is 49.2 Å². The molecule has 0 aromatic carbocycles. The van der Waals surface area contributed by atoms with E-state index in [-0.39, 0.29) is 0 Å². The average molecular weight is 381 g/mol. The number of rotatable bonds is 5. The molecule has 0 saturated heterocycles. The molecule has 0 aliphatic rings. The molecule has 0 radical (unpaired) electrons. The molecule has 0 amide bonds. The molecule has 4 rings (SSSR count). The summed E-state index contributed by atoms with van der Waals surface area (Å²) in [5, 5.41) is 8.55. The maximum absolute atomic E-state index is 12.5. The number of pyridine rings is 3. The second-order valence-corrected chi connectivity index (χ2v) is 6.34. The van der Waals surface area contributed by atoms with Crippen molar-refractivity contribution in [2.24, 2.45) is 0 Å². The van der Waals surface area contributed by atoms with Gasteiger partial charge in [-0.15, -0.1) is 0 Å². The van der Waals surface area contributed by atoms with Crippen LogP contribution in [0, 0.1) is 6.92 Å². The third-order valence-corrected chi connectivity index (χ3v) is 4.29. The molecule has 28 heavy (non-hydrogen) atoms. The average Bonchev–Trinajstić information content (AvgIpc) is 3.07. The van der Waals surface area contributed by atoms with Crippen molar-refractivity contribution in [1.29, 1.82) is 0 Å². The first-order valence-electron chi connectivity index (χ1n) is 8.54. The lowest BCUT2D eigenvalue weighted by Gasteiger charge is -2.10. The summed E-state index contributed by atoms with van der Waals surface area (Å²) >= 11 is 0. The topological polar surface area (TPSA) is 94.5 Å². The molecule has 3 N–H and O–H groups in total. The lowest BCUT2D eigenvalue weighted by molar-refractivity contribution is 0.122. The molecule has 0 aliphatic heterocycles. The standard InChI is InChI=1S/C19H17F2N7/c1-11-2-3-23-7-14(11)16-4-12-5-18(24-8-15(12)19(22)27-16)26-13-6-25-28(9-13)10-17(20)21/h2-9,17H,10H2,1H3,(H2,22,27)(H,24,26). The largest absolute Gasteiger partial charge is 0.383 e. The predicted molar refractivity (Wildman–Crippen MR) is 103 cm³/mol. The molecule has 0 unspecified atom stereocenters. The van der Waals surface area contributed by atoms with Gasteiger partial charge in [0.15, 0.2) is 0 Å². The molecule has 7 nitrogen and oxygen atoms in total. The first-order valence-corrected chi connectivity index (χ1v) is 8.54. The van der Waals surface area contributed by atoms with Crippen LogP contribution in [0.25, 0.3) is 22.0 Å². The molecule has 0 atom stereocenters. The second kappa shape index (κ2) is 7.18. The minimum Gasteiger partial charge on any atom is -0.383 e. The summed E-state index contributed by atoms with van der Waals surface area (Å²) in [4.78, 5) is 13.0. The number of fused-ring (bicyclic) bond motifs is 1. The molecular weight excluding hydrogens is 364 g/mol. The van der Waals surface area contributed by atoms with Gasteiger partial charge in [0.1, 0.15) is 18.2 Å². The normalized spacial score (nSPS) is 11.3. The number of alkyl halides is 2. The molecule has 4 aromatic rings. The van der Waals surface area contributed by atoms with Crippen LogP contribution >= 0.6 is 0 Å². The fourth-order valence-corrected chi connectivity index (χ4v) is 2.93. The molecule has 0 bridgehead atoms. The summed E-state index contributed by atoms with van der Waals surface area (Å²) in [6.45, 7) is 1.53. The van der Waals surface area contributed by atoms with E-state index in [4.69, 9.17) is 5.73 Å². The number of halogens is 2. The smallest absolute Gasteiger partial charge is 0.257 e. The fraction of sp³-hybridized carbons (Fsp3) is 0.158. The fourth-order valence-electron chi connectivity index (χ4n) is 2.93. The predicted octanol–water partition coefficient (Wildman–Crippen LogP) is 3.79. The van der Waals surface area contributed by atoms with Gasteiger partial charge in [0.2, 0.25) is 0 Å². The quantitative estimate of drug-likeness (QED) is 0.546. The highest BCUT2D eigenvalue weighted by Gasteiger charge is 2.10. The van der Waals surface area contributed by atoms with Gasteiger partial charge in [0.25, 0.3) is 6.43 Å². The number of hydrogen-bond acceptors (Lipinski definition) is 6. The summed E-state index contributed by atoms with van der Waals surface area (Å²) in [6, 6.07) is 5.66. The van der Waals surface area contributed by atoms with Crippen LogP contribution in [0.1, 0.15) is 5.56 Å². The van der Waals surface area contributed by atoms with Crippen LogP contribution < -0.4 is 11.1 Å². The van der Waals surface area contributed by atoms with Crippen LogP contribution in [0.4, 0.5) is 26.1 Å². The zero-order valence-corrected chi connectivity index (χ0v) is 15.0. The van der Waals surface area contributed by atoms with Crippen molar-refractivity contribution in [3.63, 3.8) is 0 Å². The van der Waals surface area contributed by atoms with Crippen LogP contribution in [-0.4, -0.2) is 31.2 Å². The minimum atomic E-state index is -2.46. The summed E-state index contributed by atoms with van der Waals surface area (Å²) in [6.07, 6.45) is 5.62. The lowest BCUT2D eigenvalue weighted by atomic mass is 10.1. The third kappa shape index (κ3) is 3.59. The van der Waals surface area contributed by atoms with E-state index in [1.54, 1.807) is 18.6 Å². The summed E-state index contributed by atoms with van der Waals surface area (Å²) in [7, 11) is 0. The highest BCUT2D eigenvalue weighted by molar-refractivity contribution is 5.94. The number of anilines is 3. The van der Waals surface area contributed by atoms with Crippen LogP contribution in [-0.2, 0) is 6.54 Å². The van der Waals surface area contributed by atoms with Gasteiger partial charge in [-0.1, -0.05) is 0 Å². The molecule has 9 heteroatoms. The number of nitrogens with two attached hydrogens (primary N) is 1. The Morgan fingerprint density at radius 1 is 1.21 bits per heavy atom. The molecule has 0 aliphatic carbocycles. The molecule has 4 heterocycles. The Morgan fingerprint density at radius 2 is 2.07 bits per heavy atom. The van der Waals surface area contributed by atoms with Crippen LogP contribution in [0.2, 0.25) is 0 Å². The Hall–Kier alpha value is -3.62. The van der Waals surface area contributed by atoms with Crippen LogP contribution in [0.3, 0.4) is 0 Å².